The van der Waals surface area contributed by atoms with E-state index in [1.54, 1.807) is 0 Å². The fourth-order valence-corrected chi connectivity index (χ4v) is 4.18. The number of nitrogens with zero attached hydrogens (tertiary/aromatic N) is 3. The van der Waals surface area contributed by atoms with Gasteiger partial charge in [-0.05, 0) is 46.3 Å². The van der Waals surface area contributed by atoms with E-state index in [4.69, 9.17) is 0 Å². The third kappa shape index (κ3) is 5.04. The third-order valence-electron chi connectivity index (χ3n) is 4.76. The summed E-state index contributed by atoms with van der Waals surface area (Å²) >= 11 is 2.48. The van der Waals surface area contributed by atoms with Crippen LogP contribution in [0.25, 0.3) is 0 Å². The van der Waals surface area contributed by atoms with Gasteiger partial charge >= 0.3 is 0 Å². The molecular weight excluding hydrogens is 379 g/mol. The van der Waals surface area contributed by atoms with Crippen LogP contribution in [-0.4, -0.2) is 77.7 Å². The summed E-state index contributed by atoms with van der Waals surface area (Å²) in [4.78, 5) is 16.1. The van der Waals surface area contributed by atoms with E-state index in [1.165, 1.54) is 19.4 Å². The van der Waals surface area contributed by atoms with Crippen LogP contribution in [0.5, 0.6) is 0 Å². The minimum absolute atomic E-state index is 0.350. The normalized spacial score (nSPS) is 27.2. The number of rotatable bonds is 8. The molecule has 0 radical (unpaired) electrons. The van der Waals surface area contributed by atoms with Crippen molar-refractivity contribution < 1.29 is 4.79 Å². The van der Waals surface area contributed by atoms with Gasteiger partial charge in [0.05, 0.1) is 0 Å². The number of hydrogen-bond donors (Lipinski definition) is 1. The zero-order valence-electron chi connectivity index (χ0n) is 13.4. The van der Waals surface area contributed by atoms with Crippen LogP contribution in [0.2, 0.25) is 0 Å². The molecule has 2 unspecified atom stereocenters. The molecule has 0 bridgehead atoms. The molecule has 6 heteroatoms. The van der Waals surface area contributed by atoms with Crippen molar-refractivity contribution in [1.82, 2.24) is 18.2 Å². The lowest BCUT2D eigenvalue weighted by atomic mass is 10.1. The molecule has 2 atom stereocenters. The predicted molar refractivity (Wildman–Crippen MR) is 94.5 cm³/mol. The lowest BCUT2D eigenvalue weighted by Crippen LogP contribution is -2.33. The first-order valence-electron chi connectivity index (χ1n) is 8.17. The molecule has 0 saturated carbocycles. The topological polar surface area (TPSA) is 38.8 Å². The van der Waals surface area contributed by atoms with Gasteiger partial charge in [0.15, 0.2) is 0 Å². The number of hydrogen-bond acceptors (Lipinski definition) is 4. The highest BCUT2D eigenvalue weighted by Crippen LogP contribution is 2.25. The molecule has 2 rings (SSSR count). The van der Waals surface area contributed by atoms with Crippen LogP contribution < -0.4 is 5.32 Å². The third-order valence-corrected chi connectivity index (χ3v) is 6.03. The van der Waals surface area contributed by atoms with E-state index in [-0.39, 0.29) is 0 Å². The van der Waals surface area contributed by atoms with Gasteiger partial charge in [-0.2, -0.15) is 0 Å². The zero-order valence-corrected chi connectivity index (χ0v) is 15.5. The average molecular weight is 408 g/mol. The molecule has 2 saturated heterocycles. The van der Waals surface area contributed by atoms with E-state index >= 15 is 0 Å². The van der Waals surface area contributed by atoms with Crippen molar-refractivity contribution in [2.24, 2.45) is 0 Å². The maximum Gasteiger partial charge on any atom is 0.222 e. The summed E-state index contributed by atoms with van der Waals surface area (Å²) in [6.45, 7) is 5.25. The highest BCUT2D eigenvalue weighted by Gasteiger charge is 2.32. The molecule has 1 N–H and O–H groups in total. The van der Waals surface area contributed by atoms with Gasteiger partial charge in [-0.3, -0.25) is 4.79 Å². The molecule has 2 aliphatic rings. The fraction of sp³-hybridized carbons (Fsp3) is 0.933. The van der Waals surface area contributed by atoms with Crippen LogP contribution in [0, 0.1) is 0 Å². The molecule has 2 aliphatic heterocycles. The molecule has 0 aromatic carbocycles. The number of likely N-dealkylation sites (tertiary alicyclic amines) is 2. The van der Waals surface area contributed by atoms with Crippen LogP contribution in [-0.2, 0) is 4.79 Å². The Morgan fingerprint density at radius 3 is 2.95 bits per heavy atom. The van der Waals surface area contributed by atoms with E-state index in [2.05, 4.69) is 43.2 Å². The molecule has 0 aromatic rings. The van der Waals surface area contributed by atoms with Crippen LogP contribution >= 0.6 is 22.9 Å². The summed E-state index contributed by atoms with van der Waals surface area (Å²) in [7, 11) is 4.27. The van der Waals surface area contributed by atoms with E-state index in [1.807, 2.05) is 11.9 Å². The van der Waals surface area contributed by atoms with E-state index < -0.39 is 0 Å². The Kier molecular flexibility index (Phi) is 7.18. The monoisotopic (exact) mass is 408 g/mol. The zero-order chi connectivity index (χ0) is 15.2. The largest absolute Gasteiger partial charge is 0.343 e. The summed E-state index contributed by atoms with van der Waals surface area (Å²) in [5.41, 5.74) is 0. The van der Waals surface area contributed by atoms with Crippen LogP contribution in [0.1, 0.15) is 32.1 Å². The molecular formula is C15H29IN4O. The second-order valence-corrected chi connectivity index (χ2v) is 7.58. The molecule has 0 aliphatic carbocycles. The second-order valence-electron chi connectivity index (χ2n) is 6.34. The van der Waals surface area contributed by atoms with E-state index in [0.717, 1.165) is 45.4 Å². The SMILES string of the molecule is CNCCC1CC(N(I)CCCN2CCCC2=O)CN1C. The number of carbonyl (C=O) groups is 1. The van der Waals surface area contributed by atoms with E-state index in [9.17, 15) is 4.79 Å². The highest BCUT2D eigenvalue weighted by molar-refractivity contribution is 14.1. The van der Waals surface area contributed by atoms with Gasteiger partial charge in [0.25, 0.3) is 0 Å². The predicted octanol–water partition coefficient (Wildman–Crippen LogP) is 1.33. The first-order chi connectivity index (χ1) is 10.1. The molecule has 5 nitrogen and oxygen atoms in total. The van der Waals surface area contributed by atoms with E-state index in [0.29, 0.717) is 18.0 Å². The standard InChI is InChI=1S/C15H29IN4O/c1-17-7-6-13-11-14(12-18(13)2)20(16)10-4-9-19-8-3-5-15(19)21/h13-14,17H,3-12H2,1-2H3. The molecule has 1 amide bonds. The Hall–Kier alpha value is 0.0800. The lowest BCUT2D eigenvalue weighted by Gasteiger charge is -2.23. The first-order valence-corrected chi connectivity index (χ1v) is 9.13. The second kappa shape index (κ2) is 8.64. The van der Waals surface area contributed by atoms with Crippen LogP contribution in [0.15, 0.2) is 0 Å². The van der Waals surface area contributed by atoms with Crippen molar-refractivity contribution in [3.8, 4) is 0 Å². The Bertz CT molecular complexity index is 342. The van der Waals surface area contributed by atoms with Crippen molar-refractivity contribution in [3.05, 3.63) is 0 Å². The van der Waals surface area contributed by atoms with Gasteiger partial charge < -0.3 is 15.1 Å². The number of carbonyl (C=O) groups excluding carboxylic acids is 1. The minimum atomic E-state index is 0.350. The lowest BCUT2D eigenvalue weighted by molar-refractivity contribution is -0.127. The highest BCUT2D eigenvalue weighted by atomic mass is 127. The van der Waals surface area contributed by atoms with Gasteiger partial charge in [-0.1, -0.05) is 0 Å². The smallest absolute Gasteiger partial charge is 0.222 e. The molecule has 2 fully saturated rings. The Morgan fingerprint density at radius 1 is 1.48 bits per heavy atom. The molecule has 122 valence electrons. The molecule has 0 aromatic heterocycles. The Labute approximate surface area is 142 Å². The van der Waals surface area contributed by atoms with Gasteiger partial charge in [0, 0.05) is 67.5 Å². The summed E-state index contributed by atoms with van der Waals surface area (Å²) in [6, 6.07) is 1.37. The van der Waals surface area contributed by atoms with Gasteiger partial charge in [-0.15, -0.1) is 0 Å². The summed E-state index contributed by atoms with van der Waals surface area (Å²) in [5, 5.41) is 3.25. The maximum absolute atomic E-state index is 11.6. The minimum Gasteiger partial charge on any atom is -0.343 e. The van der Waals surface area contributed by atoms with Crippen LogP contribution in [0.4, 0.5) is 0 Å². The van der Waals surface area contributed by atoms with Gasteiger partial charge in [-0.25, -0.2) is 3.11 Å². The quantitative estimate of drug-likeness (QED) is 0.486. The van der Waals surface area contributed by atoms with Crippen molar-refractivity contribution in [3.63, 3.8) is 0 Å². The number of halogens is 1. The summed E-state index contributed by atoms with van der Waals surface area (Å²) in [6.07, 6.45) is 5.40. The molecule has 0 spiro atoms. The average Bonchev–Trinajstić information content (AvgIpc) is 3.03. The summed E-state index contributed by atoms with van der Waals surface area (Å²) < 4.78 is 2.47. The number of amides is 1. The number of nitrogens with one attached hydrogen (secondary N) is 1. The van der Waals surface area contributed by atoms with Crippen molar-refractivity contribution in [2.75, 3.05) is 46.8 Å². The van der Waals surface area contributed by atoms with Gasteiger partial charge in [0.2, 0.25) is 5.91 Å². The van der Waals surface area contributed by atoms with Crippen LogP contribution in [0.3, 0.4) is 0 Å². The molecule has 2 heterocycles. The maximum atomic E-state index is 11.6. The van der Waals surface area contributed by atoms with Crippen molar-refractivity contribution in [2.45, 2.75) is 44.2 Å². The van der Waals surface area contributed by atoms with Crippen molar-refractivity contribution >= 4 is 28.8 Å². The van der Waals surface area contributed by atoms with Crippen molar-refractivity contribution in [1.29, 1.82) is 0 Å². The molecule has 21 heavy (non-hydrogen) atoms. The Balaban J connectivity index is 1.66. The number of likely N-dealkylation sites (N-methyl/N-ethyl adjacent to an activating group) is 1. The van der Waals surface area contributed by atoms with Gasteiger partial charge in [0.1, 0.15) is 0 Å². The summed E-state index contributed by atoms with van der Waals surface area (Å²) in [5.74, 6) is 0.350. The Morgan fingerprint density at radius 2 is 2.29 bits per heavy atom. The first kappa shape index (κ1) is 17.4. The fourth-order valence-electron chi connectivity index (χ4n) is 3.44.